The van der Waals surface area contributed by atoms with Gasteiger partial charge in [-0.25, -0.2) is 4.39 Å². The predicted molar refractivity (Wildman–Crippen MR) is 89.4 cm³/mol. The van der Waals surface area contributed by atoms with Gasteiger partial charge in [-0.1, -0.05) is 22.0 Å². The Balaban J connectivity index is 2.03. The van der Waals surface area contributed by atoms with Gasteiger partial charge in [-0.15, -0.1) is 11.3 Å². The fourth-order valence-corrected chi connectivity index (χ4v) is 3.10. The number of furan rings is 1. The number of aromatic amines is 1. The Hall–Kier alpha value is -2.25. The Bertz CT molecular complexity index is 1030. The van der Waals surface area contributed by atoms with Crippen LogP contribution in [0.1, 0.15) is 16.1 Å². The van der Waals surface area contributed by atoms with Gasteiger partial charge in [0, 0.05) is 16.1 Å². The molecule has 0 saturated carbocycles. The van der Waals surface area contributed by atoms with E-state index in [4.69, 9.17) is 4.42 Å². The minimum absolute atomic E-state index is 0.184. The number of Topliss-reactive ketones (excluding diaryl/α,β-unsaturated/α-hetero) is 1. The van der Waals surface area contributed by atoms with Crippen molar-refractivity contribution in [3.05, 3.63) is 77.8 Å². The highest BCUT2D eigenvalue weighted by atomic mass is 79.9. The lowest BCUT2D eigenvalue weighted by Gasteiger charge is -1.95. The molecule has 1 aromatic carbocycles. The van der Waals surface area contributed by atoms with E-state index in [9.17, 15) is 14.0 Å². The Kier molecular flexibility index (Phi) is 4.40. The summed E-state index contributed by atoms with van der Waals surface area (Å²) in [6.07, 6.45) is 4.12. The normalized spacial score (nSPS) is 12.8. The standard InChI is InChI=1S/C16H9BrFNO3S/c17-10-4-3-9(11(18)7-10)6-14-16(21)19-15(23-14)8-12(20)13-2-1-5-22-13/h1-8H,(H,19,21)/b14-6-,15-8-. The lowest BCUT2D eigenvalue weighted by atomic mass is 10.2. The number of benzene rings is 1. The lowest BCUT2D eigenvalue weighted by molar-refractivity contribution is 0.103. The molecule has 23 heavy (non-hydrogen) atoms. The average Bonchev–Trinajstić information content (AvgIpc) is 3.12. The second-order valence-corrected chi connectivity index (χ2v) is 6.58. The number of ketones is 1. The Morgan fingerprint density at radius 1 is 1.35 bits per heavy atom. The maximum atomic E-state index is 13.8. The van der Waals surface area contributed by atoms with Crippen LogP contribution in [-0.2, 0) is 0 Å². The monoisotopic (exact) mass is 393 g/mol. The molecule has 116 valence electrons. The topological polar surface area (TPSA) is 63.1 Å². The molecule has 0 bridgehead atoms. The summed E-state index contributed by atoms with van der Waals surface area (Å²) in [6.45, 7) is 0. The van der Waals surface area contributed by atoms with E-state index in [2.05, 4.69) is 20.9 Å². The van der Waals surface area contributed by atoms with E-state index < -0.39 is 5.82 Å². The molecule has 0 unspecified atom stereocenters. The number of hydrogen-bond donors (Lipinski definition) is 1. The SMILES string of the molecule is O=C(/C=c1/[nH]c(=O)/c(=C/c2ccc(Br)cc2F)s1)c1ccco1. The van der Waals surface area contributed by atoms with Gasteiger partial charge in [0.05, 0.1) is 15.5 Å². The minimum atomic E-state index is -0.440. The van der Waals surface area contributed by atoms with Crippen LogP contribution in [0.5, 0.6) is 0 Å². The van der Waals surface area contributed by atoms with Crippen LogP contribution < -0.4 is 14.8 Å². The molecular formula is C16H9BrFNO3S. The summed E-state index contributed by atoms with van der Waals surface area (Å²) in [4.78, 5) is 26.4. The molecule has 2 aromatic heterocycles. The number of rotatable bonds is 3. The number of nitrogens with one attached hydrogen (secondary N) is 1. The van der Waals surface area contributed by atoms with Gasteiger partial charge in [-0.3, -0.25) is 9.59 Å². The van der Waals surface area contributed by atoms with Crippen LogP contribution in [0.2, 0.25) is 0 Å². The van der Waals surface area contributed by atoms with Crippen LogP contribution in [-0.4, -0.2) is 10.8 Å². The van der Waals surface area contributed by atoms with Gasteiger partial charge in [0.15, 0.2) is 5.76 Å². The Morgan fingerprint density at radius 3 is 2.87 bits per heavy atom. The molecule has 0 aliphatic heterocycles. The van der Waals surface area contributed by atoms with E-state index in [0.29, 0.717) is 19.2 Å². The molecule has 7 heteroatoms. The summed E-state index contributed by atoms with van der Waals surface area (Å²) in [6, 6.07) is 7.71. The molecule has 0 saturated heterocycles. The molecule has 0 radical (unpaired) electrons. The van der Waals surface area contributed by atoms with Crippen LogP contribution in [0, 0.1) is 5.82 Å². The number of thiazole rings is 1. The number of carbonyl (C=O) groups is 1. The van der Waals surface area contributed by atoms with Crippen molar-refractivity contribution in [2.24, 2.45) is 0 Å². The molecule has 0 spiro atoms. The third-order valence-corrected chi connectivity index (χ3v) is 4.41. The second kappa shape index (κ2) is 6.47. The van der Waals surface area contributed by atoms with Gasteiger partial charge < -0.3 is 9.40 Å². The first kappa shape index (κ1) is 15.6. The van der Waals surface area contributed by atoms with Gasteiger partial charge in [0.1, 0.15) is 5.82 Å². The zero-order valence-electron chi connectivity index (χ0n) is 11.5. The molecule has 4 nitrogen and oxygen atoms in total. The maximum absolute atomic E-state index is 13.8. The smallest absolute Gasteiger partial charge is 0.266 e. The summed E-state index contributed by atoms with van der Waals surface area (Å²) in [5.74, 6) is -0.609. The summed E-state index contributed by atoms with van der Waals surface area (Å²) < 4.78 is 20.1. The van der Waals surface area contributed by atoms with Crippen molar-refractivity contribution in [3.63, 3.8) is 0 Å². The van der Waals surface area contributed by atoms with Crippen LogP contribution in [0.3, 0.4) is 0 Å². The van der Waals surface area contributed by atoms with Crippen LogP contribution in [0.15, 0.2) is 50.3 Å². The molecule has 0 fully saturated rings. The molecule has 2 heterocycles. The van der Waals surface area contributed by atoms with Crippen molar-refractivity contribution >= 4 is 45.2 Å². The number of halogens is 2. The van der Waals surface area contributed by atoms with E-state index >= 15 is 0 Å². The van der Waals surface area contributed by atoms with Gasteiger partial charge in [-0.2, -0.15) is 0 Å². The summed E-state index contributed by atoms with van der Waals surface area (Å²) in [5.41, 5.74) is -0.0831. The first-order valence-corrected chi connectivity index (χ1v) is 8.09. The van der Waals surface area contributed by atoms with Crippen LogP contribution in [0.4, 0.5) is 4.39 Å². The van der Waals surface area contributed by atoms with Gasteiger partial charge in [-0.05, 0) is 30.3 Å². The number of hydrogen-bond acceptors (Lipinski definition) is 4. The zero-order valence-corrected chi connectivity index (χ0v) is 13.9. The molecule has 0 aliphatic rings. The van der Waals surface area contributed by atoms with Crippen molar-refractivity contribution in [1.29, 1.82) is 0 Å². The van der Waals surface area contributed by atoms with E-state index in [1.807, 2.05) is 0 Å². The first-order valence-electron chi connectivity index (χ1n) is 6.48. The average molecular weight is 394 g/mol. The van der Waals surface area contributed by atoms with Gasteiger partial charge in [0.2, 0.25) is 5.78 Å². The number of aromatic nitrogens is 1. The van der Waals surface area contributed by atoms with Crippen LogP contribution in [0.25, 0.3) is 12.2 Å². The minimum Gasteiger partial charge on any atom is -0.461 e. The van der Waals surface area contributed by atoms with E-state index in [1.54, 1.807) is 18.2 Å². The summed E-state index contributed by atoms with van der Waals surface area (Å²) >= 11 is 4.25. The fraction of sp³-hybridized carbons (Fsp3) is 0. The van der Waals surface area contributed by atoms with Crippen molar-refractivity contribution < 1.29 is 13.6 Å². The third kappa shape index (κ3) is 3.57. The van der Waals surface area contributed by atoms with E-state index in [0.717, 1.165) is 11.3 Å². The summed E-state index contributed by atoms with van der Waals surface area (Å²) in [5, 5.41) is 0. The van der Waals surface area contributed by atoms with E-state index in [1.165, 1.54) is 30.5 Å². The predicted octanol–water partition coefficient (Wildman–Crippen LogP) is 2.42. The summed E-state index contributed by atoms with van der Waals surface area (Å²) in [7, 11) is 0. The van der Waals surface area contributed by atoms with E-state index in [-0.39, 0.29) is 17.1 Å². The van der Waals surface area contributed by atoms with Gasteiger partial charge >= 0.3 is 0 Å². The number of H-pyrrole nitrogens is 1. The highest BCUT2D eigenvalue weighted by Gasteiger charge is 2.06. The van der Waals surface area contributed by atoms with Gasteiger partial charge in [0.25, 0.3) is 5.56 Å². The van der Waals surface area contributed by atoms with Crippen LogP contribution >= 0.6 is 27.3 Å². The molecule has 1 N–H and O–H groups in total. The molecule has 0 amide bonds. The Labute approximate surface area is 141 Å². The highest BCUT2D eigenvalue weighted by Crippen LogP contribution is 2.15. The quantitative estimate of drug-likeness (QED) is 0.695. The molecule has 0 aliphatic carbocycles. The fourth-order valence-electron chi connectivity index (χ4n) is 1.89. The molecular weight excluding hydrogens is 385 g/mol. The third-order valence-electron chi connectivity index (χ3n) is 2.96. The molecule has 0 atom stereocenters. The Morgan fingerprint density at radius 2 is 2.17 bits per heavy atom. The maximum Gasteiger partial charge on any atom is 0.266 e. The van der Waals surface area contributed by atoms with Crippen molar-refractivity contribution in [1.82, 2.24) is 4.98 Å². The largest absolute Gasteiger partial charge is 0.461 e. The highest BCUT2D eigenvalue weighted by molar-refractivity contribution is 9.10. The molecule has 3 rings (SSSR count). The molecule has 3 aromatic rings. The second-order valence-electron chi connectivity index (χ2n) is 4.58. The van der Waals surface area contributed by atoms with Crippen molar-refractivity contribution in [2.75, 3.05) is 0 Å². The number of carbonyl (C=O) groups excluding carboxylic acids is 1. The first-order chi connectivity index (χ1) is 11.0. The van der Waals surface area contributed by atoms with Crippen molar-refractivity contribution in [2.45, 2.75) is 0 Å². The van der Waals surface area contributed by atoms with Crippen molar-refractivity contribution in [3.8, 4) is 0 Å². The lowest BCUT2D eigenvalue weighted by Crippen LogP contribution is -2.20. The zero-order chi connectivity index (χ0) is 16.4.